The molecule has 0 aliphatic heterocycles. The van der Waals surface area contributed by atoms with Gasteiger partial charge in [0.15, 0.2) is 0 Å². The lowest BCUT2D eigenvalue weighted by Crippen LogP contribution is -2.17. The van der Waals surface area contributed by atoms with Crippen LogP contribution in [0.2, 0.25) is 0 Å². The minimum Gasteiger partial charge on any atom is -0.313 e. The summed E-state index contributed by atoms with van der Waals surface area (Å²) in [5.74, 6) is -0.348. The van der Waals surface area contributed by atoms with Gasteiger partial charge in [-0.3, -0.25) is 0 Å². The van der Waals surface area contributed by atoms with Crippen molar-refractivity contribution in [3.05, 3.63) is 35.6 Å². The Hall–Kier alpha value is -1.10. The lowest BCUT2D eigenvalue weighted by molar-refractivity contribution is -0.135. The lowest BCUT2D eigenvalue weighted by atomic mass is 10.0. The van der Waals surface area contributed by atoms with Gasteiger partial charge in [0.25, 0.3) is 0 Å². The molecule has 0 saturated heterocycles. The molecule has 1 aromatic rings. The Morgan fingerprint density at radius 1 is 1.18 bits per heavy atom. The van der Waals surface area contributed by atoms with E-state index in [-0.39, 0.29) is 18.3 Å². The topological polar surface area (TPSA) is 12.0 Å². The molecule has 0 spiro atoms. The highest BCUT2D eigenvalue weighted by molar-refractivity contribution is 5.19. The van der Waals surface area contributed by atoms with Crippen LogP contribution in [0.15, 0.2) is 24.3 Å². The normalized spacial score (nSPS) is 13.7. The maximum atomic E-state index is 12.7. The number of alkyl halides is 3. The Labute approximate surface area is 97.8 Å². The van der Waals surface area contributed by atoms with Crippen LogP contribution >= 0.6 is 0 Å². The third-order valence-corrected chi connectivity index (χ3v) is 2.57. The number of hydrogen-bond acceptors (Lipinski definition) is 1. The molecular weight excluding hydrogens is 234 g/mol. The van der Waals surface area contributed by atoms with Crippen LogP contribution in [0.3, 0.4) is 0 Å². The molecule has 0 radical (unpaired) electrons. The first kappa shape index (κ1) is 14.0. The van der Waals surface area contributed by atoms with Crippen molar-refractivity contribution in [1.82, 2.24) is 5.32 Å². The van der Waals surface area contributed by atoms with Crippen molar-refractivity contribution in [1.29, 1.82) is 0 Å². The zero-order valence-electron chi connectivity index (χ0n) is 9.52. The first-order chi connectivity index (χ1) is 7.92. The van der Waals surface area contributed by atoms with Crippen molar-refractivity contribution < 1.29 is 17.6 Å². The van der Waals surface area contributed by atoms with E-state index in [1.165, 1.54) is 12.1 Å². The molecule has 0 fully saturated rings. The van der Waals surface area contributed by atoms with E-state index in [4.69, 9.17) is 0 Å². The molecule has 1 nitrogen and oxygen atoms in total. The van der Waals surface area contributed by atoms with E-state index in [2.05, 4.69) is 5.32 Å². The van der Waals surface area contributed by atoms with Crippen molar-refractivity contribution in [3.63, 3.8) is 0 Å². The number of hydrogen-bond donors (Lipinski definition) is 1. The van der Waals surface area contributed by atoms with Crippen LogP contribution in [0.25, 0.3) is 0 Å². The second kappa shape index (κ2) is 6.00. The summed E-state index contributed by atoms with van der Waals surface area (Å²) in [6.45, 7) is 0. The molecule has 0 saturated carbocycles. The average Bonchev–Trinajstić information content (AvgIpc) is 2.24. The molecule has 96 valence electrons. The molecule has 0 amide bonds. The third kappa shape index (κ3) is 5.17. The van der Waals surface area contributed by atoms with E-state index in [9.17, 15) is 17.6 Å². The minimum atomic E-state index is -4.11. The van der Waals surface area contributed by atoms with E-state index in [1.807, 2.05) is 0 Å². The van der Waals surface area contributed by atoms with Crippen LogP contribution in [-0.4, -0.2) is 13.2 Å². The summed E-state index contributed by atoms with van der Waals surface area (Å²) in [7, 11) is 1.68. The highest BCUT2D eigenvalue weighted by Gasteiger charge is 2.26. The molecule has 0 aliphatic carbocycles. The summed E-state index contributed by atoms with van der Waals surface area (Å²) >= 11 is 0. The maximum Gasteiger partial charge on any atom is 0.389 e. The average molecular weight is 249 g/mol. The standard InChI is InChI=1S/C12H15F4N/c1-17-11(3-2-8-12(14,15)16)9-4-6-10(13)7-5-9/h4-7,11,17H,2-3,8H2,1H3. The van der Waals surface area contributed by atoms with E-state index >= 15 is 0 Å². The van der Waals surface area contributed by atoms with Crippen LogP contribution in [0.5, 0.6) is 0 Å². The number of rotatable bonds is 5. The van der Waals surface area contributed by atoms with Crippen LogP contribution in [-0.2, 0) is 0 Å². The van der Waals surface area contributed by atoms with Gasteiger partial charge in [-0.25, -0.2) is 4.39 Å². The summed E-state index contributed by atoms with van der Waals surface area (Å²) in [5.41, 5.74) is 0.802. The summed E-state index contributed by atoms with van der Waals surface area (Å²) < 4.78 is 48.7. The van der Waals surface area contributed by atoms with E-state index < -0.39 is 12.6 Å². The minimum absolute atomic E-state index is 0.0619. The second-order valence-corrected chi connectivity index (χ2v) is 3.90. The van der Waals surface area contributed by atoms with Crippen LogP contribution < -0.4 is 5.32 Å². The van der Waals surface area contributed by atoms with Gasteiger partial charge in [0.05, 0.1) is 0 Å². The summed E-state index contributed by atoms with van der Waals surface area (Å²) in [6, 6.07) is 5.62. The van der Waals surface area contributed by atoms with Crippen molar-refractivity contribution in [2.45, 2.75) is 31.5 Å². The summed E-state index contributed by atoms with van der Waals surface area (Å²) in [4.78, 5) is 0. The number of halogens is 4. The zero-order chi connectivity index (χ0) is 12.9. The quantitative estimate of drug-likeness (QED) is 0.782. The SMILES string of the molecule is CNC(CCCC(F)(F)F)c1ccc(F)cc1. The zero-order valence-corrected chi connectivity index (χ0v) is 9.52. The molecule has 17 heavy (non-hydrogen) atoms. The molecule has 1 rings (SSSR count). The van der Waals surface area contributed by atoms with E-state index in [0.717, 1.165) is 5.56 Å². The molecule has 5 heteroatoms. The molecule has 0 aliphatic rings. The maximum absolute atomic E-state index is 12.7. The largest absolute Gasteiger partial charge is 0.389 e. The molecule has 1 N–H and O–H groups in total. The molecule has 1 unspecified atom stereocenters. The summed E-state index contributed by atoms with van der Waals surface area (Å²) in [6.07, 6.45) is -4.46. The number of benzene rings is 1. The highest BCUT2D eigenvalue weighted by Crippen LogP contribution is 2.26. The van der Waals surface area contributed by atoms with Gasteiger partial charge in [-0.15, -0.1) is 0 Å². The van der Waals surface area contributed by atoms with Gasteiger partial charge in [-0.2, -0.15) is 13.2 Å². The van der Waals surface area contributed by atoms with E-state index in [0.29, 0.717) is 6.42 Å². The first-order valence-electron chi connectivity index (χ1n) is 5.42. The number of nitrogens with one attached hydrogen (secondary N) is 1. The monoisotopic (exact) mass is 249 g/mol. The van der Waals surface area contributed by atoms with Crippen LogP contribution in [0, 0.1) is 5.82 Å². The fraction of sp³-hybridized carbons (Fsp3) is 0.500. The van der Waals surface area contributed by atoms with E-state index in [1.54, 1.807) is 19.2 Å². The highest BCUT2D eigenvalue weighted by atomic mass is 19.4. The van der Waals surface area contributed by atoms with Gasteiger partial charge in [-0.1, -0.05) is 12.1 Å². The molecule has 0 bridgehead atoms. The van der Waals surface area contributed by atoms with Crippen molar-refractivity contribution in [2.24, 2.45) is 0 Å². The predicted molar refractivity (Wildman–Crippen MR) is 58.1 cm³/mol. The van der Waals surface area contributed by atoms with Crippen LogP contribution in [0.1, 0.15) is 30.9 Å². The molecule has 1 aromatic carbocycles. The Kier molecular flexibility index (Phi) is 4.93. The predicted octanol–water partition coefficient (Wildman–Crippen LogP) is 3.82. The van der Waals surface area contributed by atoms with Gasteiger partial charge >= 0.3 is 6.18 Å². The Balaban J connectivity index is 2.51. The summed E-state index contributed by atoms with van der Waals surface area (Å²) in [5, 5.41) is 2.93. The van der Waals surface area contributed by atoms with Gasteiger partial charge in [0.1, 0.15) is 5.82 Å². The molecule has 0 aromatic heterocycles. The van der Waals surface area contributed by atoms with Crippen molar-refractivity contribution in [3.8, 4) is 0 Å². The fourth-order valence-electron chi connectivity index (χ4n) is 1.68. The third-order valence-electron chi connectivity index (χ3n) is 2.57. The van der Waals surface area contributed by atoms with Crippen molar-refractivity contribution in [2.75, 3.05) is 7.05 Å². The lowest BCUT2D eigenvalue weighted by Gasteiger charge is -2.17. The molecule has 1 atom stereocenters. The Morgan fingerprint density at radius 2 is 1.76 bits per heavy atom. The van der Waals surface area contributed by atoms with Crippen molar-refractivity contribution >= 4 is 0 Å². The molecular formula is C12H15F4N. The van der Waals surface area contributed by atoms with Gasteiger partial charge < -0.3 is 5.32 Å². The van der Waals surface area contributed by atoms with Gasteiger partial charge in [-0.05, 0) is 37.6 Å². The Bertz CT molecular complexity index is 331. The van der Waals surface area contributed by atoms with Crippen LogP contribution in [0.4, 0.5) is 17.6 Å². The molecule has 0 heterocycles. The smallest absolute Gasteiger partial charge is 0.313 e. The Morgan fingerprint density at radius 3 is 2.24 bits per heavy atom. The fourth-order valence-corrected chi connectivity index (χ4v) is 1.68. The second-order valence-electron chi connectivity index (χ2n) is 3.90. The first-order valence-corrected chi connectivity index (χ1v) is 5.42. The van der Waals surface area contributed by atoms with Gasteiger partial charge in [0.2, 0.25) is 0 Å². The van der Waals surface area contributed by atoms with Gasteiger partial charge in [0, 0.05) is 12.5 Å².